The van der Waals surface area contributed by atoms with Crippen LogP contribution in [-0.2, 0) is 49.5 Å². The highest BCUT2D eigenvalue weighted by Gasteiger charge is 2.28. The predicted octanol–water partition coefficient (Wildman–Crippen LogP) is 5.29. The SMILES string of the molecule is CCOC(=O)c1c(NC(=O)COCC(=O)Nc2sc3c(c2C(=O)OCC)CCCCC3)sc2c1CCCCC2. The molecular weight excluding hydrogens is 540 g/mol. The van der Waals surface area contributed by atoms with Crippen molar-refractivity contribution in [1.82, 2.24) is 0 Å². The fraction of sp³-hybridized carbons (Fsp3) is 0.571. The first-order chi connectivity index (χ1) is 18.9. The van der Waals surface area contributed by atoms with E-state index in [1.807, 2.05) is 0 Å². The standard InChI is InChI=1S/C28H36N2O7S2/c1-3-36-27(33)23-17-11-7-5-9-13-19(17)38-25(23)29-21(31)15-35-16-22(32)30-26-24(28(34)37-4-2)18-12-8-6-10-14-20(18)39-26/h3-16H2,1-2H3,(H,29,31)(H,30,32). The molecule has 0 fully saturated rings. The summed E-state index contributed by atoms with van der Waals surface area (Å²) in [6.07, 6.45) is 9.61. The second kappa shape index (κ2) is 14.0. The summed E-state index contributed by atoms with van der Waals surface area (Å²) in [6, 6.07) is 0. The average molecular weight is 577 g/mol. The first kappa shape index (κ1) is 29.2. The minimum absolute atomic E-state index is 0.250. The highest BCUT2D eigenvalue weighted by atomic mass is 32.1. The van der Waals surface area contributed by atoms with Gasteiger partial charge in [-0.3, -0.25) is 9.59 Å². The lowest BCUT2D eigenvalue weighted by atomic mass is 10.1. The fourth-order valence-corrected chi connectivity index (χ4v) is 7.65. The molecule has 39 heavy (non-hydrogen) atoms. The van der Waals surface area contributed by atoms with Crippen LogP contribution in [-0.4, -0.2) is 50.2 Å². The molecule has 2 N–H and O–H groups in total. The molecule has 0 atom stereocenters. The second-order valence-corrected chi connectivity index (χ2v) is 11.8. The number of amides is 2. The summed E-state index contributed by atoms with van der Waals surface area (Å²) < 4.78 is 15.9. The molecule has 0 aromatic carbocycles. The van der Waals surface area contributed by atoms with Crippen LogP contribution in [0, 0.1) is 0 Å². The van der Waals surface area contributed by atoms with Gasteiger partial charge in [-0.25, -0.2) is 9.59 Å². The Labute approximate surface area is 236 Å². The second-order valence-electron chi connectivity index (χ2n) is 9.57. The lowest BCUT2D eigenvalue weighted by Crippen LogP contribution is -2.24. The lowest BCUT2D eigenvalue weighted by molar-refractivity contribution is -0.125. The number of rotatable bonds is 10. The number of fused-ring (bicyclic) bond motifs is 2. The quantitative estimate of drug-likeness (QED) is 0.291. The predicted molar refractivity (Wildman–Crippen MR) is 151 cm³/mol. The maximum atomic E-state index is 12.7. The maximum Gasteiger partial charge on any atom is 0.341 e. The zero-order valence-electron chi connectivity index (χ0n) is 22.6. The minimum atomic E-state index is -0.459. The van der Waals surface area contributed by atoms with Gasteiger partial charge in [-0.15, -0.1) is 22.7 Å². The Morgan fingerprint density at radius 2 is 1.05 bits per heavy atom. The summed E-state index contributed by atoms with van der Waals surface area (Å²) >= 11 is 2.82. The molecule has 11 heteroatoms. The Kier molecular flexibility index (Phi) is 10.5. The van der Waals surface area contributed by atoms with Crippen LogP contribution in [0.25, 0.3) is 0 Å². The number of nitrogens with one attached hydrogen (secondary N) is 2. The Bertz CT molecular complexity index is 1120. The normalized spacial score (nSPS) is 14.8. The molecule has 2 heterocycles. The molecular formula is C28H36N2O7S2. The molecule has 2 aliphatic rings. The molecule has 0 aliphatic heterocycles. The van der Waals surface area contributed by atoms with Crippen molar-refractivity contribution >= 4 is 56.4 Å². The molecule has 0 saturated heterocycles. The Balaban J connectivity index is 1.36. The van der Waals surface area contributed by atoms with Gasteiger partial charge in [0.05, 0.1) is 24.3 Å². The zero-order chi connectivity index (χ0) is 27.8. The summed E-state index contributed by atoms with van der Waals surface area (Å²) in [5.74, 6) is -1.78. The van der Waals surface area contributed by atoms with Crippen molar-refractivity contribution in [3.63, 3.8) is 0 Å². The van der Waals surface area contributed by atoms with E-state index in [1.54, 1.807) is 13.8 Å². The largest absolute Gasteiger partial charge is 0.462 e. The van der Waals surface area contributed by atoms with Crippen LogP contribution >= 0.6 is 22.7 Å². The molecule has 0 unspecified atom stereocenters. The van der Waals surface area contributed by atoms with Gasteiger partial charge in [-0.05, 0) is 76.3 Å². The van der Waals surface area contributed by atoms with Crippen LogP contribution < -0.4 is 10.6 Å². The van der Waals surface area contributed by atoms with Gasteiger partial charge in [0.25, 0.3) is 11.8 Å². The van der Waals surface area contributed by atoms with Gasteiger partial charge >= 0.3 is 11.9 Å². The van der Waals surface area contributed by atoms with E-state index in [0.29, 0.717) is 21.1 Å². The molecule has 0 bridgehead atoms. The molecule has 0 radical (unpaired) electrons. The summed E-state index contributed by atoms with van der Waals surface area (Å²) in [5.41, 5.74) is 2.82. The van der Waals surface area contributed by atoms with Gasteiger partial charge in [0.1, 0.15) is 23.2 Å². The highest BCUT2D eigenvalue weighted by molar-refractivity contribution is 7.17. The van der Waals surface area contributed by atoms with Gasteiger partial charge < -0.3 is 24.8 Å². The van der Waals surface area contributed by atoms with Gasteiger partial charge in [0, 0.05) is 9.75 Å². The third kappa shape index (κ3) is 7.26. The van der Waals surface area contributed by atoms with Gasteiger partial charge in [-0.1, -0.05) is 12.8 Å². The van der Waals surface area contributed by atoms with Crippen molar-refractivity contribution in [1.29, 1.82) is 0 Å². The van der Waals surface area contributed by atoms with E-state index in [2.05, 4.69) is 10.6 Å². The van der Waals surface area contributed by atoms with Crippen molar-refractivity contribution in [2.45, 2.75) is 78.1 Å². The maximum absolute atomic E-state index is 12.7. The smallest absolute Gasteiger partial charge is 0.341 e. The third-order valence-corrected chi connectivity index (χ3v) is 9.19. The van der Waals surface area contributed by atoms with Crippen molar-refractivity contribution in [2.75, 3.05) is 37.1 Å². The van der Waals surface area contributed by atoms with Gasteiger partial charge in [0.2, 0.25) is 0 Å². The van der Waals surface area contributed by atoms with Crippen LogP contribution in [0.15, 0.2) is 0 Å². The molecule has 212 valence electrons. The van der Waals surface area contributed by atoms with Crippen molar-refractivity contribution < 1.29 is 33.4 Å². The van der Waals surface area contributed by atoms with Gasteiger partial charge in [-0.2, -0.15) is 0 Å². The van der Waals surface area contributed by atoms with Gasteiger partial charge in [0.15, 0.2) is 0 Å². The fourth-order valence-electron chi connectivity index (χ4n) is 5.06. The molecule has 4 rings (SSSR count). The van der Waals surface area contributed by atoms with Crippen molar-refractivity contribution in [3.05, 3.63) is 32.0 Å². The molecule has 2 aromatic heterocycles. The summed E-state index contributed by atoms with van der Waals surface area (Å²) in [7, 11) is 0. The van der Waals surface area contributed by atoms with E-state index in [4.69, 9.17) is 14.2 Å². The number of hydrogen-bond donors (Lipinski definition) is 2. The van der Waals surface area contributed by atoms with Crippen LogP contribution in [0.2, 0.25) is 0 Å². The Morgan fingerprint density at radius 3 is 1.46 bits per heavy atom. The molecule has 0 saturated carbocycles. The number of ether oxygens (including phenoxy) is 3. The molecule has 9 nitrogen and oxygen atoms in total. The van der Waals surface area contributed by atoms with Crippen LogP contribution in [0.5, 0.6) is 0 Å². The van der Waals surface area contributed by atoms with Crippen molar-refractivity contribution in [2.24, 2.45) is 0 Å². The number of anilines is 2. The number of hydrogen-bond acceptors (Lipinski definition) is 9. The zero-order valence-corrected chi connectivity index (χ0v) is 24.2. The lowest BCUT2D eigenvalue weighted by Gasteiger charge is -2.10. The molecule has 2 amide bonds. The van der Waals surface area contributed by atoms with E-state index in [1.165, 1.54) is 22.7 Å². The van der Waals surface area contributed by atoms with Crippen LogP contribution in [0.3, 0.4) is 0 Å². The number of esters is 2. The monoisotopic (exact) mass is 576 g/mol. The van der Waals surface area contributed by atoms with E-state index in [0.717, 1.165) is 85.1 Å². The average Bonchev–Trinajstić information content (AvgIpc) is 3.17. The summed E-state index contributed by atoms with van der Waals surface area (Å²) in [6.45, 7) is 3.29. The number of thiophene rings is 2. The number of carbonyl (C=O) groups is 4. The van der Waals surface area contributed by atoms with E-state index >= 15 is 0 Å². The number of aryl methyl sites for hydroxylation is 2. The number of carbonyl (C=O) groups excluding carboxylic acids is 4. The van der Waals surface area contributed by atoms with Crippen LogP contribution in [0.4, 0.5) is 10.0 Å². The van der Waals surface area contributed by atoms with Crippen molar-refractivity contribution in [3.8, 4) is 0 Å². The molecule has 2 aliphatic carbocycles. The highest BCUT2D eigenvalue weighted by Crippen LogP contribution is 2.39. The van der Waals surface area contributed by atoms with Crippen LogP contribution in [0.1, 0.15) is 94.0 Å². The van der Waals surface area contributed by atoms with E-state index < -0.39 is 23.8 Å². The Morgan fingerprint density at radius 1 is 0.641 bits per heavy atom. The summed E-state index contributed by atoms with van der Waals surface area (Å²) in [5, 5.41) is 6.52. The topological polar surface area (TPSA) is 120 Å². The first-order valence-electron chi connectivity index (χ1n) is 13.7. The summed E-state index contributed by atoms with van der Waals surface area (Å²) in [4.78, 5) is 53.0. The molecule has 2 aromatic rings. The van der Waals surface area contributed by atoms with E-state index in [-0.39, 0.29) is 26.4 Å². The Hall–Kier alpha value is -2.76. The van der Waals surface area contributed by atoms with E-state index in [9.17, 15) is 19.2 Å². The molecule has 0 spiro atoms. The third-order valence-electron chi connectivity index (χ3n) is 6.77. The minimum Gasteiger partial charge on any atom is -0.462 e. The first-order valence-corrected chi connectivity index (χ1v) is 15.4.